The number of thiophene rings is 2. The third-order valence-corrected chi connectivity index (χ3v) is 3.36. The molecule has 0 aliphatic rings. The Morgan fingerprint density at radius 2 is 2.21 bits per heavy atom. The molecule has 0 aliphatic heterocycles. The van der Waals surface area contributed by atoms with E-state index in [1.54, 1.807) is 5.38 Å². The lowest BCUT2D eigenvalue weighted by molar-refractivity contribution is 0.0699. The highest BCUT2D eigenvalue weighted by Crippen LogP contribution is 2.34. The fraction of sp³-hybridized carbons (Fsp3) is 0. The molecule has 0 spiro atoms. The maximum Gasteiger partial charge on any atom is 0.339 e. The number of hydrogen-bond acceptors (Lipinski definition) is 4. The number of aromatic carboxylic acids is 1. The Kier molecular flexibility index (Phi) is 2.26. The predicted molar refractivity (Wildman–Crippen MR) is 59.0 cm³/mol. The summed E-state index contributed by atoms with van der Waals surface area (Å²) in [5.74, 6) is -0.968. The normalized spacial score (nSPS) is 10.3. The van der Waals surface area contributed by atoms with E-state index in [0.717, 1.165) is 5.56 Å². The molecule has 0 aliphatic carbocycles. The Bertz CT molecular complexity index is 459. The van der Waals surface area contributed by atoms with Crippen molar-refractivity contribution in [2.24, 2.45) is 0 Å². The first-order valence-electron chi connectivity index (χ1n) is 3.83. The minimum absolute atomic E-state index is 0.216. The van der Waals surface area contributed by atoms with Gasteiger partial charge in [-0.15, -0.1) is 11.3 Å². The molecule has 0 aromatic carbocycles. The van der Waals surface area contributed by atoms with Gasteiger partial charge in [-0.05, 0) is 22.4 Å². The fourth-order valence-corrected chi connectivity index (χ4v) is 2.69. The van der Waals surface area contributed by atoms with E-state index in [4.69, 9.17) is 10.8 Å². The van der Waals surface area contributed by atoms with Crippen LogP contribution in [0.15, 0.2) is 22.2 Å². The highest BCUT2D eigenvalue weighted by atomic mass is 32.1. The fourth-order valence-electron chi connectivity index (χ4n) is 1.22. The quantitative estimate of drug-likeness (QED) is 0.826. The Labute approximate surface area is 88.4 Å². The zero-order valence-corrected chi connectivity index (χ0v) is 8.69. The van der Waals surface area contributed by atoms with E-state index < -0.39 is 5.97 Å². The summed E-state index contributed by atoms with van der Waals surface area (Å²) in [5, 5.41) is 14.9. The smallest absolute Gasteiger partial charge is 0.339 e. The summed E-state index contributed by atoms with van der Waals surface area (Å²) in [6.07, 6.45) is 0. The maximum absolute atomic E-state index is 10.9. The van der Waals surface area contributed by atoms with E-state index in [1.807, 2.05) is 16.8 Å². The van der Waals surface area contributed by atoms with Crippen LogP contribution in [0.3, 0.4) is 0 Å². The van der Waals surface area contributed by atoms with Gasteiger partial charge in [0.25, 0.3) is 0 Å². The monoisotopic (exact) mass is 225 g/mol. The van der Waals surface area contributed by atoms with Gasteiger partial charge in [0.15, 0.2) is 0 Å². The third kappa shape index (κ3) is 1.40. The number of nitrogen functional groups attached to an aromatic ring is 1. The van der Waals surface area contributed by atoms with Crippen molar-refractivity contribution >= 4 is 33.6 Å². The van der Waals surface area contributed by atoms with Crippen LogP contribution in [-0.4, -0.2) is 11.1 Å². The number of nitrogens with two attached hydrogens (primary N) is 1. The van der Waals surface area contributed by atoms with E-state index in [0.29, 0.717) is 10.6 Å². The molecule has 0 amide bonds. The van der Waals surface area contributed by atoms with Crippen LogP contribution in [0.4, 0.5) is 5.00 Å². The van der Waals surface area contributed by atoms with Crippen molar-refractivity contribution in [2.75, 3.05) is 5.73 Å². The molecule has 0 fully saturated rings. The highest BCUT2D eigenvalue weighted by Gasteiger charge is 2.17. The van der Waals surface area contributed by atoms with Crippen molar-refractivity contribution in [3.63, 3.8) is 0 Å². The molecule has 0 saturated heterocycles. The van der Waals surface area contributed by atoms with Gasteiger partial charge < -0.3 is 10.8 Å². The molecule has 3 nitrogen and oxygen atoms in total. The maximum atomic E-state index is 10.9. The number of carboxylic acids is 1. The topological polar surface area (TPSA) is 63.3 Å². The second-order valence-electron chi connectivity index (χ2n) is 2.71. The van der Waals surface area contributed by atoms with Crippen LogP contribution in [0.2, 0.25) is 0 Å². The minimum Gasteiger partial charge on any atom is -0.478 e. The molecule has 2 aromatic rings. The molecule has 5 heteroatoms. The van der Waals surface area contributed by atoms with Crippen LogP contribution in [0, 0.1) is 0 Å². The van der Waals surface area contributed by atoms with Crippen LogP contribution in [0.1, 0.15) is 10.4 Å². The summed E-state index contributed by atoms with van der Waals surface area (Å²) in [7, 11) is 0. The van der Waals surface area contributed by atoms with Gasteiger partial charge in [0.05, 0.1) is 0 Å². The second-order valence-corrected chi connectivity index (χ2v) is 4.40. The van der Waals surface area contributed by atoms with Gasteiger partial charge in [-0.3, -0.25) is 0 Å². The molecule has 2 heterocycles. The Hall–Kier alpha value is -1.33. The van der Waals surface area contributed by atoms with Gasteiger partial charge in [-0.25, -0.2) is 4.79 Å². The summed E-state index contributed by atoms with van der Waals surface area (Å²) in [6.45, 7) is 0. The van der Waals surface area contributed by atoms with Gasteiger partial charge in [-0.2, -0.15) is 11.3 Å². The predicted octanol–water partition coefficient (Wildman–Crippen LogP) is 2.76. The molecule has 2 aromatic heterocycles. The van der Waals surface area contributed by atoms with E-state index in [9.17, 15) is 4.79 Å². The van der Waals surface area contributed by atoms with E-state index >= 15 is 0 Å². The van der Waals surface area contributed by atoms with E-state index in [1.165, 1.54) is 22.7 Å². The minimum atomic E-state index is -0.968. The number of carboxylic acid groups (broad SMARTS) is 1. The van der Waals surface area contributed by atoms with Gasteiger partial charge in [0, 0.05) is 10.9 Å². The lowest BCUT2D eigenvalue weighted by Gasteiger charge is -1.97. The Morgan fingerprint density at radius 3 is 2.79 bits per heavy atom. The molecule has 2 rings (SSSR count). The molecule has 72 valence electrons. The van der Waals surface area contributed by atoms with Crippen LogP contribution in [0.25, 0.3) is 11.1 Å². The lowest BCUT2D eigenvalue weighted by Crippen LogP contribution is -1.99. The van der Waals surface area contributed by atoms with Crippen LogP contribution < -0.4 is 5.73 Å². The number of anilines is 1. The van der Waals surface area contributed by atoms with E-state index in [2.05, 4.69) is 0 Å². The van der Waals surface area contributed by atoms with Crippen molar-refractivity contribution in [2.45, 2.75) is 0 Å². The highest BCUT2D eigenvalue weighted by molar-refractivity contribution is 7.15. The van der Waals surface area contributed by atoms with Crippen LogP contribution in [0.5, 0.6) is 0 Å². The largest absolute Gasteiger partial charge is 0.478 e. The average molecular weight is 225 g/mol. The number of rotatable bonds is 2. The summed E-state index contributed by atoms with van der Waals surface area (Å²) < 4.78 is 0. The second kappa shape index (κ2) is 3.43. The molecule has 0 bridgehead atoms. The first-order chi connectivity index (χ1) is 6.70. The summed E-state index contributed by atoms with van der Waals surface area (Å²) in [6, 6.07) is 1.89. The molecular weight excluding hydrogens is 218 g/mol. The van der Waals surface area contributed by atoms with Crippen molar-refractivity contribution < 1.29 is 9.90 Å². The molecule has 0 atom stereocenters. The molecule has 0 saturated carbocycles. The van der Waals surface area contributed by atoms with Gasteiger partial charge in [0.2, 0.25) is 0 Å². The van der Waals surface area contributed by atoms with Crippen LogP contribution in [-0.2, 0) is 0 Å². The Balaban J connectivity index is 2.60. The van der Waals surface area contributed by atoms with Crippen LogP contribution >= 0.6 is 22.7 Å². The first-order valence-corrected chi connectivity index (χ1v) is 5.65. The summed E-state index contributed by atoms with van der Waals surface area (Å²) in [5.41, 5.74) is 7.43. The summed E-state index contributed by atoms with van der Waals surface area (Å²) in [4.78, 5) is 10.9. The molecule has 0 unspecified atom stereocenters. The first kappa shape index (κ1) is 9.23. The lowest BCUT2D eigenvalue weighted by atomic mass is 10.1. The van der Waals surface area contributed by atoms with Gasteiger partial charge in [0.1, 0.15) is 10.6 Å². The average Bonchev–Trinajstić information content (AvgIpc) is 2.70. The third-order valence-electron chi connectivity index (χ3n) is 1.87. The number of carbonyl (C=O) groups is 1. The van der Waals surface area contributed by atoms with Crippen molar-refractivity contribution in [3.8, 4) is 11.1 Å². The van der Waals surface area contributed by atoms with Crippen molar-refractivity contribution in [1.29, 1.82) is 0 Å². The van der Waals surface area contributed by atoms with Crippen molar-refractivity contribution in [1.82, 2.24) is 0 Å². The zero-order valence-electron chi connectivity index (χ0n) is 7.06. The van der Waals surface area contributed by atoms with Gasteiger partial charge in [-0.1, -0.05) is 0 Å². The molecule has 14 heavy (non-hydrogen) atoms. The van der Waals surface area contributed by atoms with Gasteiger partial charge >= 0.3 is 5.97 Å². The van der Waals surface area contributed by atoms with Crippen molar-refractivity contribution in [3.05, 3.63) is 27.8 Å². The molecule has 3 N–H and O–H groups in total. The van der Waals surface area contributed by atoms with E-state index in [-0.39, 0.29) is 5.56 Å². The standard InChI is InChI=1S/C9H7NO2S2/c10-8-7(9(11)12)6(4-14-8)5-1-2-13-3-5/h1-4H,10H2,(H,11,12). The SMILES string of the molecule is Nc1scc(-c2ccsc2)c1C(=O)O. The molecule has 0 radical (unpaired) electrons. The number of hydrogen-bond donors (Lipinski definition) is 2. The zero-order chi connectivity index (χ0) is 10.1. The molecular formula is C9H7NO2S2. The summed E-state index contributed by atoms with van der Waals surface area (Å²) >= 11 is 2.79. The Morgan fingerprint density at radius 1 is 1.43 bits per heavy atom.